The molecule has 4 rings (SSSR count). The Bertz CT molecular complexity index is 1710. The van der Waals surface area contributed by atoms with Crippen molar-refractivity contribution < 1.29 is 22.7 Å². The van der Waals surface area contributed by atoms with Gasteiger partial charge in [-0.05, 0) is 67.4 Å². The number of aryl methyl sites for hydroxylation is 1. The number of carbonyl (C=O) groups excluding carboxylic acids is 2. The van der Waals surface area contributed by atoms with E-state index in [2.05, 4.69) is 5.32 Å². The number of nitrogens with one attached hydrogen (secondary N) is 1. The average molecular weight is 683 g/mol. The molecule has 2 amide bonds. The fourth-order valence-corrected chi connectivity index (χ4v) is 6.82. The molecular weight excluding hydrogens is 645 g/mol. The van der Waals surface area contributed by atoms with Gasteiger partial charge in [0.25, 0.3) is 10.0 Å². The zero-order chi connectivity index (χ0) is 33.3. The number of ether oxygens (including phenoxy) is 1. The molecule has 0 heterocycles. The maximum atomic E-state index is 14.5. The van der Waals surface area contributed by atoms with Crippen LogP contribution in [-0.4, -0.2) is 51.4 Å². The van der Waals surface area contributed by atoms with Crippen LogP contribution in [0, 0.1) is 6.92 Å². The van der Waals surface area contributed by atoms with Crippen LogP contribution in [0.5, 0.6) is 5.75 Å². The molecule has 1 atom stereocenters. The maximum Gasteiger partial charge on any atom is 0.264 e. The number of nitrogens with zero attached hydrogens (tertiary/aromatic N) is 2. The van der Waals surface area contributed by atoms with E-state index >= 15 is 0 Å². The first kappa shape index (κ1) is 34.8. The Hall–Kier alpha value is -4.05. The molecule has 1 N–H and O–H groups in total. The minimum atomic E-state index is -4.25. The van der Waals surface area contributed by atoms with Crippen molar-refractivity contribution in [3.8, 4) is 5.75 Å². The molecule has 0 saturated heterocycles. The molecule has 0 bridgehead atoms. The number of benzene rings is 4. The second-order valence-corrected chi connectivity index (χ2v) is 13.4. The molecule has 0 unspecified atom stereocenters. The first-order valence-electron chi connectivity index (χ1n) is 14.8. The number of amides is 2. The lowest BCUT2D eigenvalue weighted by atomic mass is 10.0. The highest BCUT2D eigenvalue weighted by Crippen LogP contribution is 2.29. The van der Waals surface area contributed by atoms with E-state index in [4.69, 9.17) is 27.9 Å². The molecule has 0 aliphatic heterocycles. The van der Waals surface area contributed by atoms with Gasteiger partial charge in [0, 0.05) is 35.1 Å². The predicted molar refractivity (Wildman–Crippen MR) is 183 cm³/mol. The van der Waals surface area contributed by atoms with Crippen molar-refractivity contribution in [3.63, 3.8) is 0 Å². The maximum absolute atomic E-state index is 14.5. The molecule has 0 spiro atoms. The molecule has 242 valence electrons. The predicted octanol–water partition coefficient (Wildman–Crippen LogP) is 6.67. The van der Waals surface area contributed by atoms with Gasteiger partial charge in [0.2, 0.25) is 11.8 Å². The zero-order valence-corrected chi connectivity index (χ0v) is 28.3. The van der Waals surface area contributed by atoms with Crippen molar-refractivity contribution in [2.45, 2.75) is 44.2 Å². The Kier molecular flexibility index (Phi) is 12.1. The molecular formula is C35H37Cl2N3O5S. The number of anilines is 1. The molecule has 11 heteroatoms. The van der Waals surface area contributed by atoms with E-state index in [0.717, 1.165) is 15.4 Å². The SMILES string of the molecule is CCCNC(=O)[C@@H](Cc1ccccc1)N(Cc1c(Cl)cccc1Cl)C(=O)CN(c1ccc(C)cc1)S(=O)(=O)c1ccc(OC)cc1. The summed E-state index contributed by atoms with van der Waals surface area (Å²) in [4.78, 5) is 29.7. The van der Waals surface area contributed by atoms with Gasteiger partial charge in [0.15, 0.2) is 0 Å². The number of methoxy groups -OCH3 is 1. The third kappa shape index (κ3) is 8.60. The lowest BCUT2D eigenvalue weighted by Crippen LogP contribution is -2.53. The quantitative estimate of drug-likeness (QED) is 0.160. The zero-order valence-electron chi connectivity index (χ0n) is 26.0. The smallest absolute Gasteiger partial charge is 0.264 e. The van der Waals surface area contributed by atoms with E-state index in [9.17, 15) is 18.0 Å². The Morgan fingerprint density at radius 1 is 0.870 bits per heavy atom. The number of carbonyl (C=O) groups is 2. The van der Waals surface area contributed by atoms with E-state index in [1.54, 1.807) is 54.6 Å². The van der Waals surface area contributed by atoms with Crippen molar-refractivity contribution in [2.24, 2.45) is 0 Å². The molecule has 4 aromatic rings. The molecule has 4 aromatic carbocycles. The van der Waals surface area contributed by atoms with Crippen LogP contribution in [0.2, 0.25) is 10.0 Å². The summed E-state index contributed by atoms with van der Waals surface area (Å²) in [7, 11) is -2.76. The van der Waals surface area contributed by atoms with Crippen LogP contribution in [0.4, 0.5) is 5.69 Å². The summed E-state index contributed by atoms with van der Waals surface area (Å²) in [6, 6.07) is 26.1. The molecule has 8 nitrogen and oxygen atoms in total. The second-order valence-electron chi connectivity index (χ2n) is 10.7. The Labute approximate surface area is 280 Å². The standard InChI is InChI=1S/C35H37Cl2N3O5S/c1-4-21-38-35(42)33(22-26-9-6-5-7-10-26)39(23-30-31(36)11-8-12-32(30)37)34(41)24-40(27-15-13-25(2)14-16-27)46(43,44)29-19-17-28(45-3)18-20-29/h5-20,33H,4,21-24H2,1-3H3,(H,38,42)/t33-/m1/s1. The van der Waals surface area contributed by atoms with Gasteiger partial charge in [0.05, 0.1) is 17.7 Å². The summed E-state index contributed by atoms with van der Waals surface area (Å²) < 4.78 is 34.6. The van der Waals surface area contributed by atoms with Crippen LogP contribution in [0.15, 0.2) is 102 Å². The number of hydrogen-bond acceptors (Lipinski definition) is 5. The van der Waals surface area contributed by atoms with E-state index in [1.165, 1.54) is 24.1 Å². The van der Waals surface area contributed by atoms with Crippen LogP contribution in [-0.2, 0) is 32.6 Å². The van der Waals surface area contributed by atoms with Gasteiger partial charge < -0.3 is 15.0 Å². The fourth-order valence-electron chi connectivity index (χ4n) is 4.89. The largest absolute Gasteiger partial charge is 0.497 e. The highest BCUT2D eigenvalue weighted by molar-refractivity contribution is 7.92. The number of hydrogen-bond donors (Lipinski definition) is 1. The van der Waals surface area contributed by atoms with Crippen molar-refractivity contribution in [2.75, 3.05) is 24.5 Å². The third-order valence-corrected chi connectivity index (χ3v) is 9.96. The number of halogens is 2. The summed E-state index contributed by atoms with van der Waals surface area (Å²) in [6.45, 7) is 3.50. The van der Waals surface area contributed by atoms with E-state index in [-0.39, 0.29) is 23.8 Å². The highest BCUT2D eigenvalue weighted by atomic mass is 35.5. The molecule has 46 heavy (non-hydrogen) atoms. The Morgan fingerprint density at radius 3 is 2.09 bits per heavy atom. The molecule has 0 fully saturated rings. The normalized spacial score (nSPS) is 11.8. The van der Waals surface area contributed by atoms with Crippen LogP contribution < -0.4 is 14.4 Å². The highest BCUT2D eigenvalue weighted by Gasteiger charge is 2.35. The van der Waals surface area contributed by atoms with Gasteiger partial charge in [0.1, 0.15) is 18.3 Å². The minimum Gasteiger partial charge on any atom is -0.497 e. The summed E-state index contributed by atoms with van der Waals surface area (Å²) >= 11 is 13.1. The van der Waals surface area contributed by atoms with E-state index in [0.29, 0.717) is 40.0 Å². The molecule has 0 aliphatic rings. The van der Waals surface area contributed by atoms with Crippen molar-refractivity contribution in [3.05, 3.63) is 124 Å². The van der Waals surface area contributed by atoms with Gasteiger partial charge in [-0.25, -0.2) is 8.42 Å². The minimum absolute atomic E-state index is 0.0242. The third-order valence-electron chi connectivity index (χ3n) is 7.46. The monoisotopic (exact) mass is 681 g/mol. The van der Waals surface area contributed by atoms with Gasteiger partial charge in [-0.3, -0.25) is 13.9 Å². The lowest BCUT2D eigenvalue weighted by molar-refractivity contribution is -0.140. The van der Waals surface area contributed by atoms with Gasteiger partial charge >= 0.3 is 0 Å². The van der Waals surface area contributed by atoms with Gasteiger partial charge in [-0.2, -0.15) is 0 Å². The molecule has 0 radical (unpaired) electrons. The van der Waals surface area contributed by atoms with E-state index in [1.807, 2.05) is 44.2 Å². The van der Waals surface area contributed by atoms with Crippen LogP contribution in [0.3, 0.4) is 0 Å². The lowest BCUT2D eigenvalue weighted by Gasteiger charge is -2.34. The molecule has 0 aliphatic carbocycles. The van der Waals surface area contributed by atoms with E-state index < -0.39 is 28.5 Å². The summed E-state index contributed by atoms with van der Waals surface area (Å²) in [6.07, 6.45) is 0.870. The number of rotatable bonds is 14. The molecule has 0 aromatic heterocycles. The van der Waals surface area contributed by atoms with Gasteiger partial charge in [-0.1, -0.05) is 84.2 Å². The fraction of sp³-hybridized carbons (Fsp3) is 0.257. The topological polar surface area (TPSA) is 96.0 Å². The first-order chi connectivity index (χ1) is 22.0. The van der Waals surface area contributed by atoms with Gasteiger partial charge in [-0.15, -0.1) is 0 Å². The average Bonchev–Trinajstić information content (AvgIpc) is 3.06. The Morgan fingerprint density at radius 2 is 1.50 bits per heavy atom. The van der Waals surface area contributed by atoms with Crippen molar-refractivity contribution in [1.82, 2.24) is 10.2 Å². The summed E-state index contributed by atoms with van der Waals surface area (Å²) in [5.41, 5.74) is 2.48. The summed E-state index contributed by atoms with van der Waals surface area (Å²) in [5.74, 6) is -0.495. The van der Waals surface area contributed by atoms with Crippen molar-refractivity contribution >= 4 is 50.7 Å². The number of sulfonamides is 1. The summed E-state index contributed by atoms with van der Waals surface area (Å²) in [5, 5.41) is 3.56. The van der Waals surface area contributed by atoms with Crippen LogP contribution in [0.25, 0.3) is 0 Å². The van der Waals surface area contributed by atoms with Crippen LogP contribution in [0.1, 0.15) is 30.0 Å². The Balaban J connectivity index is 1.82. The first-order valence-corrected chi connectivity index (χ1v) is 17.0. The molecule has 0 saturated carbocycles. The van der Waals surface area contributed by atoms with Crippen molar-refractivity contribution in [1.29, 1.82) is 0 Å². The second kappa shape index (κ2) is 16.0. The van der Waals surface area contributed by atoms with Crippen LogP contribution >= 0.6 is 23.2 Å².